The summed E-state index contributed by atoms with van der Waals surface area (Å²) < 4.78 is 0. The van der Waals surface area contributed by atoms with E-state index in [1.807, 2.05) is 18.8 Å². The summed E-state index contributed by atoms with van der Waals surface area (Å²) in [7, 11) is 2.04. The van der Waals surface area contributed by atoms with Crippen LogP contribution in [0.1, 0.15) is 43.1 Å². The Bertz CT molecular complexity index is 410. The van der Waals surface area contributed by atoms with Gasteiger partial charge in [0, 0.05) is 24.3 Å². The Labute approximate surface area is 118 Å². The van der Waals surface area contributed by atoms with Crippen molar-refractivity contribution in [1.82, 2.24) is 4.98 Å². The van der Waals surface area contributed by atoms with Crippen molar-refractivity contribution in [3.63, 3.8) is 0 Å². The highest BCUT2D eigenvalue weighted by atomic mass is 32.2. The zero-order valence-electron chi connectivity index (χ0n) is 12.0. The fourth-order valence-electron chi connectivity index (χ4n) is 1.63. The van der Waals surface area contributed by atoms with Crippen molar-refractivity contribution in [3.05, 3.63) is 10.6 Å². The topological polar surface area (TPSA) is 33.2 Å². The number of hydrogen-bond donors (Lipinski definition) is 0. The molecule has 0 saturated heterocycles. The van der Waals surface area contributed by atoms with Crippen LogP contribution in [0.2, 0.25) is 0 Å². The van der Waals surface area contributed by atoms with Crippen LogP contribution in [0.25, 0.3) is 0 Å². The number of nitrogens with zero attached hydrogens (tertiary/aromatic N) is 2. The summed E-state index contributed by atoms with van der Waals surface area (Å²) in [4.78, 5) is 18.7. The van der Waals surface area contributed by atoms with Gasteiger partial charge in [0.1, 0.15) is 0 Å². The standard InChI is InChI=1S/C13H22N2OS2/c1-9(8-17-6)15(5)12-14-11(13(2,3)4)10(7-16)18-12/h7,9H,8H2,1-6H3. The van der Waals surface area contributed by atoms with Gasteiger partial charge in [-0.3, -0.25) is 4.79 Å². The van der Waals surface area contributed by atoms with Crippen LogP contribution in [-0.4, -0.2) is 36.4 Å². The fourth-order valence-corrected chi connectivity index (χ4v) is 3.49. The lowest BCUT2D eigenvalue weighted by Crippen LogP contribution is -2.30. The number of carbonyl (C=O) groups is 1. The van der Waals surface area contributed by atoms with E-state index in [0.29, 0.717) is 6.04 Å². The third-order valence-electron chi connectivity index (χ3n) is 2.83. The van der Waals surface area contributed by atoms with Crippen LogP contribution in [0.3, 0.4) is 0 Å². The summed E-state index contributed by atoms with van der Waals surface area (Å²) in [5.41, 5.74) is 0.815. The van der Waals surface area contributed by atoms with Crippen LogP contribution >= 0.6 is 23.1 Å². The molecule has 102 valence electrons. The van der Waals surface area contributed by atoms with Crippen molar-refractivity contribution in [1.29, 1.82) is 0 Å². The summed E-state index contributed by atoms with van der Waals surface area (Å²) in [6, 6.07) is 0.415. The third kappa shape index (κ3) is 3.48. The van der Waals surface area contributed by atoms with Crippen molar-refractivity contribution >= 4 is 34.5 Å². The molecular formula is C13H22N2OS2. The lowest BCUT2D eigenvalue weighted by atomic mass is 9.91. The monoisotopic (exact) mass is 286 g/mol. The lowest BCUT2D eigenvalue weighted by molar-refractivity contribution is 0.112. The minimum absolute atomic E-state index is 0.0887. The van der Waals surface area contributed by atoms with E-state index in [2.05, 4.69) is 43.8 Å². The summed E-state index contributed by atoms with van der Waals surface area (Å²) in [5, 5.41) is 0.934. The summed E-state index contributed by atoms with van der Waals surface area (Å²) in [6.45, 7) is 8.44. The molecule has 0 N–H and O–H groups in total. The molecule has 1 unspecified atom stereocenters. The molecule has 0 aliphatic carbocycles. The van der Waals surface area contributed by atoms with Gasteiger partial charge in [-0.2, -0.15) is 11.8 Å². The smallest absolute Gasteiger partial charge is 0.186 e. The molecule has 0 aliphatic heterocycles. The lowest BCUT2D eigenvalue weighted by Gasteiger charge is -2.23. The molecule has 1 aromatic heterocycles. The molecule has 1 atom stereocenters. The summed E-state index contributed by atoms with van der Waals surface area (Å²) in [6.07, 6.45) is 3.03. The molecule has 3 nitrogen and oxygen atoms in total. The quantitative estimate of drug-likeness (QED) is 0.776. The average Bonchev–Trinajstić information content (AvgIpc) is 2.71. The van der Waals surface area contributed by atoms with Crippen molar-refractivity contribution in [2.75, 3.05) is 24.0 Å². The van der Waals surface area contributed by atoms with Gasteiger partial charge in [0.2, 0.25) is 0 Å². The maximum absolute atomic E-state index is 11.2. The van der Waals surface area contributed by atoms with Crippen LogP contribution in [0, 0.1) is 0 Å². The molecule has 0 bridgehead atoms. The normalized spacial score (nSPS) is 13.4. The van der Waals surface area contributed by atoms with E-state index in [4.69, 9.17) is 0 Å². The van der Waals surface area contributed by atoms with Gasteiger partial charge in [-0.15, -0.1) is 0 Å². The first-order valence-corrected chi connectivity index (χ1v) is 8.20. The first kappa shape index (κ1) is 15.5. The molecule has 18 heavy (non-hydrogen) atoms. The van der Waals surface area contributed by atoms with Crippen LogP contribution in [0.4, 0.5) is 5.13 Å². The molecule has 0 amide bonds. The first-order chi connectivity index (χ1) is 8.31. The number of thiazole rings is 1. The average molecular weight is 286 g/mol. The molecule has 0 aromatic carbocycles. The number of thioether (sulfide) groups is 1. The van der Waals surface area contributed by atoms with E-state index in [0.717, 1.165) is 27.7 Å². The molecule has 0 spiro atoms. The zero-order chi connectivity index (χ0) is 13.9. The van der Waals surface area contributed by atoms with Gasteiger partial charge in [-0.05, 0) is 13.2 Å². The van der Waals surface area contributed by atoms with Crippen LogP contribution < -0.4 is 4.90 Å². The van der Waals surface area contributed by atoms with E-state index in [1.165, 1.54) is 11.3 Å². The second kappa shape index (κ2) is 6.06. The highest BCUT2D eigenvalue weighted by molar-refractivity contribution is 7.98. The summed E-state index contributed by atoms with van der Waals surface area (Å²) >= 11 is 3.31. The molecule has 0 radical (unpaired) electrons. The van der Waals surface area contributed by atoms with E-state index < -0.39 is 0 Å². The predicted molar refractivity (Wildman–Crippen MR) is 82.4 cm³/mol. The Balaban J connectivity index is 3.05. The minimum atomic E-state index is -0.0887. The second-order valence-corrected chi connectivity index (χ2v) is 7.41. The molecule has 0 saturated carbocycles. The first-order valence-electron chi connectivity index (χ1n) is 5.99. The highest BCUT2D eigenvalue weighted by Gasteiger charge is 2.25. The second-order valence-electron chi connectivity index (χ2n) is 5.49. The number of anilines is 1. The Morgan fingerprint density at radius 3 is 2.50 bits per heavy atom. The Kier molecular flexibility index (Phi) is 5.22. The van der Waals surface area contributed by atoms with Crippen molar-refractivity contribution in [2.45, 2.75) is 39.2 Å². The fraction of sp³-hybridized carbons (Fsp3) is 0.692. The van der Waals surface area contributed by atoms with Crippen LogP contribution in [0.5, 0.6) is 0 Å². The number of hydrogen-bond acceptors (Lipinski definition) is 5. The molecule has 0 fully saturated rings. The predicted octanol–water partition coefficient (Wildman–Crippen LogP) is 3.44. The minimum Gasteiger partial charge on any atom is -0.348 e. The van der Waals surface area contributed by atoms with E-state index >= 15 is 0 Å². The van der Waals surface area contributed by atoms with E-state index in [9.17, 15) is 4.79 Å². The Morgan fingerprint density at radius 1 is 1.50 bits per heavy atom. The SMILES string of the molecule is CSCC(C)N(C)c1nc(C(C)(C)C)c(C=O)s1. The molecule has 0 aliphatic rings. The van der Waals surface area contributed by atoms with Crippen LogP contribution in [0.15, 0.2) is 0 Å². The van der Waals surface area contributed by atoms with Crippen molar-refractivity contribution < 1.29 is 4.79 Å². The van der Waals surface area contributed by atoms with Gasteiger partial charge in [-0.1, -0.05) is 32.1 Å². The van der Waals surface area contributed by atoms with Gasteiger partial charge in [0.15, 0.2) is 11.4 Å². The van der Waals surface area contributed by atoms with Gasteiger partial charge in [0.05, 0.1) is 10.6 Å². The van der Waals surface area contributed by atoms with Gasteiger partial charge < -0.3 is 4.90 Å². The number of carbonyl (C=O) groups excluding carboxylic acids is 1. The van der Waals surface area contributed by atoms with Crippen molar-refractivity contribution in [2.24, 2.45) is 0 Å². The molecule has 5 heteroatoms. The zero-order valence-corrected chi connectivity index (χ0v) is 13.6. The maximum Gasteiger partial charge on any atom is 0.186 e. The molecule has 1 heterocycles. The van der Waals surface area contributed by atoms with Gasteiger partial charge >= 0.3 is 0 Å². The molecule has 1 aromatic rings. The third-order valence-corrected chi connectivity index (χ3v) is 4.72. The van der Waals surface area contributed by atoms with Crippen LogP contribution in [-0.2, 0) is 5.41 Å². The molecular weight excluding hydrogens is 264 g/mol. The number of rotatable bonds is 5. The Morgan fingerprint density at radius 2 is 2.11 bits per heavy atom. The largest absolute Gasteiger partial charge is 0.348 e. The maximum atomic E-state index is 11.2. The number of aldehydes is 1. The highest BCUT2D eigenvalue weighted by Crippen LogP contribution is 2.33. The van der Waals surface area contributed by atoms with Gasteiger partial charge in [0.25, 0.3) is 0 Å². The Hall–Kier alpha value is -0.550. The molecule has 1 rings (SSSR count). The van der Waals surface area contributed by atoms with Crippen molar-refractivity contribution in [3.8, 4) is 0 Å². The van der Waals surface area contributed by atoms with Gasteiger partial charge in [-0.25, -0.2) is 4.98 Å². The summed E-state index contributed by atoms with van der Waals surface area (Å²) in [5.74, 6) is 1.05. The van der Waals surface area contributed by atoms with E-state index in [-0.39, 0.29) is 5.41 Å². The van der Waals surface area contributed by atoms with E-state index in [1.54, 1.807) is 0 Å². The number of aromatic nitrogens is 1.